The Morgan fingerprint density at radius 2 is 1.97 bits per heavy atom. The van der Waals surface area contributed by atoms with Gasteiger partial charge in [0.05, 0.1) is 5.70 Å². The second kappa shape index (κ2) is 9.89. The lowest BCUT2D eigenvalue weighted by Crippen LogP contribution is -2.34. The number of ether oxygens (including phenoxy) is 2. The number of halogens is 1. The highest BCUT2D eigenvalue weighted by Crippen LogP contribution is 2.46. The molecule has 3 aliphatic heterocycles. The van der Waals surface area contributed by atoms with Gasteiger partial charge in [0.25, 0.3) is 5.91 Å². The van der Waals surface area contributed by atoms with Gasteiger partial charge in [-0.3, -0.25) is 15.1 Å². The first-order valence-corrected chi connectivity index (χ1v) is 13.9. The number of nitrogens with zero attached hydrogens (tertiary/aromatic N) is 3. The van der Waals surface area contributed by atoms with Crippen LogP contribution in [0, 0.1) is 6.92 Å². The predicted molar refractivity (Wildman–Crippen MR) is 151 cm³/mol. The van der Waals surface area contributed by atoms with Crippen LogP contribution in [0.1, 0.15) is 16.7 Å². The van der Waals surface area contributed by atoms with Gasteiger partial charge in [-0.2, -0.15) is 5.10 Å². The third-order valence-electron chi connectivity index (χ3n) is 6.29. The molecule has 0 fully saturated rings. The van der Waals surface area contributed by atoms with Crippen LogP contribution in [0.4, 0.5) is 5.69 Å². The van der Waals surface area contributed by atoms with Crippen molar-refractivity contribution in [3.05, 3.63) is 93.3 Å². The third kappa shape index (κ3) is 4.52. The molecule has 1 atom stereocenters. The van der Waals surface area contributed by atoms with Gasteiger partial charge < -0.3 is 14.4 Å². The highest BCUT2D eigenvalue weighted by Gasteiger charge is 2.42. The number of likely N-dealkylation sites (N-methyl/N-ethyl adjacent to an activating group) is 1. The number of carbonyl (C=O) groups is 1. The molecule has 3 aromatic rings. The number of rotatable bonds is 6. The highest BCUT2D eigenvalue weighted by molar-refractivity contribution is 8.18. The molecular weight excluding hydrogens is 528 g/mol. The Hall–Kier alpha value is -3.27. The van der Waals surface area contributed by atoms with Crippen molar-refractivity contribution in [2.75, 3.05) is 18.7 Å². The molecule has 0 saturated heterocycles. The van der Waals surface area contributed by atoms with Crippen molar-refractivity contribution in [1.29, 1.82) is 0 Å². The molecule has 1 amide bonds. The molecular formula is C27H23ClN4O3S2. The van der Waals surface area contributed by atoms with Crippen LogP contribution >= 0.6 is 35.1 Å². The largest absolute Gasteiger partial charge is 0.454 e. The molecule has 6 rings (SSSR count). The molecule has 0 radical (unpaired) electrons. The topological polar surface area (TPSA) is 66.4 Å². The number of aryl methyl sites for hydroxylation is 1. The Morgan fingerprint density at radius 1 is 1.16 bits per heavy atom. The van der Waals surface area contributed by atoms with Crippen LogP contribution in [0.25, 0.3) is 5.70 Å². The van der Waals surface area contributed by atoms with E-state index in [2.05, 4.69) is 15.4 Å². The fraction of sp³-hybridized carbons (Fsp3) is 0.185. The average Bonchev–Trinajstić information content (AvgIpc) is 3.64. The van der Waals surface area contributed by atoms with Gasteiger partial charge in [-0.05, 0) is 59.6 Å². The summed E-state index contributed by atoms with van der Waals surface area (Å²) in [5.41, 5.74) is 7.68. The Bertz CT molecular complexity index is 1450. The van der Waals surface area contributed by atoms with E-state index in [0.717, 1.165) is 50.5 Å². The lowest BCUT2D eigenvalue weighted by Gasteiger charge is -2.25. The number of fused-ring (bicyclic) bond motifs is 2. The second-order valence-corrected chi connectivity index (χ2v) is 11.1. The molecule has 3 aromatic carbocycles. The number of benzene rings is 3. The number of hydrogen-bond donors (Lipinski definition) is 1. The molecule has 3 heterocycles. The second-order valence-electron chi connectivity index (χ2n) is 8.69. The van der Waals surface area contributed by atoms with Crippen LogP contribution in [0.15, 0.2) is 76.7 Å². The average molecular weight is 551 g/mol. The van der Waals surface area contributed by atoms with E-state index in [0.29, 0.717) is 9.93 Å². The van der Waals surface area contributed by atoms with Crippen molar-refractivity contribution in [1.82, 2.24) is 10.3 Å². The van der Waals surface area contributed by atoms with Gasteiger partial charge in [0, 0.05) is 23.5 Å². The molecule has 7 nitrogen and oxygen atoms in total. The van der Waals surface area contributed by atoms with Gasteiger partial charge in [-0.1, -0.05) is 54.1 Å². The summed E-state index contributed by atoms with van der Waals surface area (Å²) in [7, 11) is 1.77. The molecule has 188 valence electrons. The van der Waals surface area contributed by atoms with E-state index in [9.17, 15) is 4.79 Å². The zero-order valence-electron chi connectivity index (χ0n) is 20.1. The SMILES string of the molecule is Cc1ccc(N(C)C(=O)C2=C(c3ccccc3)N3C(=NNC3SCc3ccc4c(c3)OCO4)S2)cc1Cl. The van der Waals surface area contributed by atoms with E-state index in [-0.39, 0.29) is 18.2 Å². The maximum atomic E-state index is 13.8. The van der Waals surface area contributed by atoms with Crippen LogP contribution in [0.3, 0.4) is 0 Å². The van der Waals surface area contributed by atoms with Crippen molar-refractivity contribution in [3.63, 3.8) is 0 Å². The number of amides is 1. The first-order valence-electron chi connectivity index (χ1n) is 11.6. The van der Waals surface area contributed by atoms with Gasteiger partial charge in [-0.15, -0.1) is 11.8 Å². The van der Waals surface area contributed by atoms with Crippen molar-refractivity contribution < 1.29 is 14.3 Å². The van der Waals surface area contributed by atoms with Crippen LogP contribution in [-0.4, -0.2) is 35.3 Å². The maximum absolute atomic E-state index is 13.8. The summed E-state index contributed by atoms with van der Waals surface area (Å²) >= 11 is 9.43. The third-order valence-corrected chi connectivity index (χ3v) is 8.88. The maximum Gasteiger partial charge on any atom is 0.267 e. The monoisotopic (exact) mass is 550 g/mol. The van der Waals surface area contributed by atoms with E-state index in [1.807, 2.05) is 73.7 Å². The fourth-order valence-corrected chi connectivity index (χ4v) is 6.61. The molecule has 10 heteroatoms. The van der Waals surface area contributed by atoms with Crippen LogP contribution < -0.4 is 19.8 Å². The summed E-state index contributed by atoms with van der Waals surface area (Å²) in [6.45, 7) is 2.20. The summed E-state index contributed by atoms with van der Waals surface area (Å²) in [4.78, 5) is 18.2. The van der Waals surface area contributed by atoms with Crippen molar-refractivity contribution >= 4 is 57.6 Å². The van der Waals surface area contributed by atoms with Gasteiger partial charge in [0.2, 0.25) is 6.79 Å². The number of nitrogens with one attached hydrogen (secondary N) is 1. The molecule has 1 N–H and O–H groups in total. The van der Waals surface area contributed by atoms with Gasteiger partial charge in [0.1, 0.15) is 4.91 Å². The molecule has 0 aromatic heterocycles. The zero-order valence-corrected chi connectivity index (χ0v) is 22.5. The summed E-state index contributed by atoms with van der Waals surface area (Å²) in [6, 6.07) is 21.6. The molecule has 1 unspecified atom stereocenters. The van der Waals surface area contributed by atoms with Crippen LogP contribution in [0.5, 0.6) is 11.5 Å². The molecule has 0 spiro atoms. The van der Waals surface area contributed by atoms with Crippen LogP contribution in [0.2, 0.25) is 5.02 Å². The Kier molecular flexibility index (Phi) is 6.44. The van der Waals surface area contributed by atoms with E-state index < -0.39 is 0 Å². The summed E-state index contributed by atoms with van der Waals surface area (Å²) in [5, 5.41) is 5.95. The van der Waals surface area contributed by atoms with Gasteiger partial charge >= 0.3 is 0 Å². The minimum atomic E-state index is -0.174. The highest BCUT2D eigenvalue weighted by atomic mass is 35.5. The Labute approximate surface area is 228 Å². The molecule has 0 bridgehead atoms. The number of hydrogen-bond acceptors (Lipinski definition) is 8. The molecule has 3 aliphatic rings. The lowest BCUT2D eigenvalue weighted by atomic mass is 10.1. The normalized spacial score (nSPS) is 17.5. The molecule has 37 heavy (non-hydrogen) atoms. The fourth-order valence-electron chi connectivity index (χ4n) is 4.25. The van der Waals surface area contributed by atoms with E-state index in [1.165, 1.54) is 11.8 Å². The summed E-state index contributed by atoms with van der Waals surface area (Å²) in [5.74, 6) is 2.15. The smallest absolute Gasteiger partial charge is 0.267 e. The van der Waals surface area contributed by atoms with E-state index >= 15 is 0 Å². The Balaban J connectivity index is 1.30. The summed E-state index contributed by atoms with van der Waals surface area (Å²) < 4.78 is 11.0. The first-order chi connectivity index (χ1) is 18.0. The number of anilines is 1. The number of amidine groups is 1. The van der Waals surface area contributed by atoms with Gasteiger partial charge in [0.15, 0.2) is 22.2 Å². The van der Waals surface area contributed by atoms with Crippen molar-refractivity contribution in [2.24, 2.45) is 5.10 Å². The van der Waals surface area contributed by atoms with E-state index in [4.69, 9.17) is 21.1 Å². The zero-order chi connectivity index (χ0) is 25.5. The van der Waals surface area contributed by atoms with Gasteiger partial charge in [-0.25, -0.2) is 0 Å². The molecule has 0 saturated carbocycles. The van der Waals surface area contributed by atoms with Crippen molar-refractivity contribution in [3.8, 4) is 11.5 Å². The standard InChI is InChI=1S/C27H23ClN4O3S2/c1-16-8-10-19(13-20(16)28)31(2)25(33)24-23(18-6-4-3-5-7-18)32-26(29-30-27(32)37-24)36-14-17-9-11-21-22(12-17)35-15-34-21/h3-13,26,29H,14-15H2,1-2H3. The number of thioether (sulfide) groups is 2. The van der Waals surface area contributed by atoms with Crippen molar-refractivity contribution in [2.45, 2.75) is 18.2 Å². The first kappa shape index (κ1) is 24.1. The Morgan fingerprint density at radius 3 is 2.78 bits per heavy atom. The van der Waals surface area contributed by atoms with E-state index in [1.54, 1.807) is 23.7 Å². The quantitative estimate of drug-likeness (QED) is 0.413. The van der Waals surface area contributed by atoms with Crippen LogP contribution in [-0.2, 0) is 10.5 Å². The minimum absolute atomic E-state index is 0.111. The predicted octanol–water partition coefficient (Wildman–Crippen LogP) is 5.85. The summed E-state index contributed by atoms with van der Waals surface area (Å²) in [6.07, 6.45) is 0. The number of carbonyl (C=O) groups excluding carboxylic acids is 1. The minimum Gasteiger partial charge on any atom is -0.454 e. The lowest BCUT2D eigenvalue weighted by molar-refractivity contribution is -0.114. The molecule has 0 aliphatic carbocycles. The number of hydrazone groups is 1.